The van der Waals surface area contributed by atoms with Gasteiger partial charge in [0.15, 0.2) is 11.4 Å². The Morgan fingerprint density at radius 3 is 2.50 bits per heavy atom. The second-order valence-corrected chi connectivity index (χ2v) is 10.6. The Hall–Kier alpha value is -2.63. The summed E-state index contributed by atoms with van der Waals surface area (Å²) in [7, 11) is 6.40. The molecule has 34 heavy (non-hydrogen) atoms. The van der Waals surface area contributed by atoms with Crippen molar-refractivity contribution in [1.82, 2.24) is 4.98 Å². The van der Waals surface area contributed by atoms with E-state index in [2.05, 4.69) is 49.5 Å². The average molecular weight is 463 g/mol. The third-order valence-corrected chi connectivity index (χ3v) is 7.49. The van der Waals surface area contributed by atoms with Crippen molar-refractivity contribution in [3.8, 4) is 0 Å². The summed E-state index contributed by atoms with van der Waals surface area (Å²) in [6, 6.07) is 16.5. The normalized spacial score (nSPS) is 16.9. The number of anilines is 1. The van der Waals surface area contributed by atoms with E-state index in [1.165, 1.54) is 17.5 Å². The Labute approximate surface area is 204 Å². The lowest BCUT2D eigenvalue weighted by atomic mass is 9.73. The number of aromatic nitrogens is 1. The van der Waals surface area contributed by atoms with Gasteiger partial charge in [-0.1, -0.05) is 55.7 Å². The molecule has 1 fully saturated rings. The van der Waals surface area contributed by atoms with Crippen LogP contribution in [0, 0.1) is 12.8 Å². The van der Waals surface area contributed by atoms with Crippen LogP contribution in [0.2, 0.25) is 0 Å². The second-order valence-electron chi connectivity index (χ2n) is 10.6. The molecule has 2 aromatic carbocycles. The van der Waals surface area contributed by atoms with Crippen molar-refractivity contribution in [2.45, 2.75) is 57.6 Å². The van der Waals surface area contributed by atoms with Gasteiger partial charge in [-0.25, -0.2) is 4.98 Å². The zero-order chi connectivity index (χ0) is 24.2. The SMILES string of the molecule is CNc1ccc(CC[N+](C)(C)Cc2cnc(C(O)(c3ccccc3)C3CCCCC3)o2)c(C)c1. The van der Waals surface area contributed by atoms with Crippen molar-refractivity contribution in [2.75, 3.05) is 33.0 Å². The fraction of sp³-hybridized carbons (Fsp3) is 0.483. The molecule has 1 atom stereocenters. The van der Waals surface area contributed by atoms with Crippen molar-refractivity contribution in [2.24, 2.45) is 5.92 Å². The van der Waals surface area contributed by atoms with E-state index in [1.807, 2.05) is 43.6 Å². The Kier molecular flexibility index (Phi) is 7.44. The van der Waals surface area contributed by atoms with Gasteiger partial charge in [0.1, 0.15) is 6.54 Å². The molecule has 5 nitrogen and oxygen atoms in total. The number of nitrogens with one attached hydrogen (secondary N) is 1. The largest absolute Gasteiger partial charge is 0.436 e. The van der Waals surface area contributed by atoms with Gasteiger partial charge in [-0.3, -0.25) is 0 Å². The van der Waals surface area contributed by atoms with Crippen molar-refractivity contribution in [3.63, 3.8) is 0 Å². The minimum atomic E-state index is -1.18. The second kappa shape index (κ2) is 10.3. The zero-order valence-electron chi connectivity index (χ0n) is 21.2. The quantitative estimate of drug-likeness (QED) is 0.403. The van der Waals surface area contributed by atoms with Gasteiger partial charge in [-0.05, 0) is 48.6 Å². The summed E-state index contributed by atoms with van der Waals surface area (Å²) in [5, 5.41) is 15.3. The monoisotopic (exact) mass is 462 g/mol. The molecule has 0 radical (unpaired) electrons. The predicted molar refractivity (Wildman–Crippen MR) is 138 cm³/mol. The number of hydrogen-bond donors (Lipinski definition) is 2. The van der Waals surface area contributed by atoms with Crippen LogP contribution < -0.4 is 5.32 Å². The van der Waals surface area contributed by atoms with Gasteiger partial charge >= 0.3 is 0 Å². The van der Waals surface area contributed by atoms with E-state index in [4.69, 9.17) is 4.42 Å². The lowest BCUT2D eigenvalue weighted by Crippen LogP contribution is -2.40. The number of oxazole rings is 1. The topological polar surface area (TPSA) is 58.3 Å². The first-order chi connectivity index (χ1) is 16.3. The smallest absolute Gasteiger partial charge is 0.231 e. The highest BCUT2D eigenvalue weighted by atomic mass is 16.4. The first-order valence-corrected chi connectivity index (χ1v) is 12.6. The number of quaternary nitrogens is 1. The van der Waals surface area contributed by atoms with E-state index in [1.54, 1.807) is 0 Å². The molecular weight excluding hydrogens is 422 g/mol. The van der Waals surface area contributed by atoms with Crippen LogP contribution >= 0.6 is 0 Å². The minimum absolute atomic E-state index is 0.126. The summed E-state index contributed by atoms with van der Waals surface area (Å²) in [6.07, 6.45) is 8.34. The summed E-state index contributed by atoms with van der Waals surface area (Å²) in [5.74, 6) is 1.40. The number of rotatable bonds is 9. The molecule has 1 unspecified atom stereocenters. The molecule has 0 bridgehead atoms. The van der Waals surface area contributed by atoms with Gasteiger partial charge in [-0.15, -0.1) is 0 Å². The predicted octanol–water partition coefficient (Wildman–Crippen LogP) is 5.66. The Bertz CT molecular complexity index is 1070. The Morgan fingerprint density at radius 2 is 1.82 bits per heavy atom. The van der Waals surface area contributed by atoms with Gasteiger partial charge in [0.2, 0.25) is 5.89 Å². The molecule has 0 amide bonds. The van der Waals surface area contributed by atoms with Gasteiger partial charge in [0.25, 0.3) is 0 Å². The first-order valence-electron chi connectivity index (χ1n) is 12.6. The highest BCUT2D eigenvalue weighted by molar-refractivity contribution is 5.47. The molecule has 1 aromatic heterocycles. The highest BCUT2D eigenvalue weighted by Gasteiger charge is 2.44. The van der Waals surface area contributed by atoms with E-state index in [0.717, 1.165) is 66.7 Å². The molecule has 3 aromatic rings. The van der Waals surface area contributed by atoms with Crippen LogP contribution in [0.15, 0.2) is 59.1 Å². The lowest BCUT2D eigenvalue weighted by Gasteiger charge is -2.36. The maximum absolute atomic E-state index is 12.0. The molecule has 0 spiro atoms. The van der Waals surface area contributed by atoms with Gasteiger partial charge in [0.05, 0.1) is 26.8 Å². The number of hydrogen-bond acceptors (Lipinski definition) is 4. The molecule has 4 rings (SSSR count). The molecule has 182 valence electrons. The van der Waals surface area contributed by atoms with E-state index in [9.17, 15) is 5.11 Å². The van der Waals surface area contributed by atoms with Gasteiger partial charge in [-0.2, -0.15) is 0 Å². The van der Waals surface area contributed by atoms with Crippen molar-refractivity contribution < 1.29 is 14.0 Å². The molecule has 1 saturated carbocycles. The first kappa shape index (κ1) is 24.5. The van der Waals surface area contributed by atoms with Gasteiger partial charge in [0, 0.05) is 25.1 Å². The number of likely N-dealkylation sites (N-methyl/N-ethyl adjacent to an activating group) is 1. The van der Waals surface area contributed by atoms with Crippen molar-refractivity contribution >= 4 is 5.69 Å². The molecule has 0 aliphatic heterocycles. The van der Waals surface area contributed by atoms with Crippen LogP contribution in [0.25, 0.3) is 0 Å². The van der Waals surface area contributed by atoms with Crippen molar-refractivity contribution in [3.05, 3.63) is 83.1 Å². The molecular formula is C29H40N3O2+. The molecule has 1 heterocycles. The molecule has 1 aliphatic rings. The standard InChI is InChI=1S/C29H40N3O2/c1-22-19-26(30-2)16-15-23(22)17-18-32(3,4)21-27-20-31-28(34-27)29(33,24-11-7-5-8-12-24)25-13-9-6-10-14-25/h5,7-8,11-12,15-16,19-20,25,30,33H,6,9-10,13-14,17-18,21H2,1-4H3/q+1. The maximum Gasteiger partial charge on any atom is 0.231 e. The van der Waals surface area contributed by atoms with Crippen LogP contribution in [0.4, 0.5) is 5.69 Å². The summed E-state index contributed by atoms with van der Waals surface area (Å²) in [6.45, 7) is 3.89. The summed E-state index contributed by atoms with van der Waals surface area (Å²) < 4.78 is 7.10. The average Bonchev–Trinajstić information content (AvgIpc) is 3.32. The minimum Gasteiger partial charge on any atom is -0.436 e. The maximum atomic E-state index is 12.0. The Balaban J connectivity index is 1.50. The molecule has 1 aliphatic carbocycles. The fourth-order valence-corrected chi connectivity index (χ4v) is 5.36. The molecule has 0 saturated heterocycles. The highest BCUT2D eigenvalue weighted by Crippen LogP contribution is 2.43. The number of nitrogens with zero attached hydrogens (tertiary/aromatic N) is 2. The van der Waals surface area contributed by atoms with E-state index in [0.29, 0.717) is 5.89 Å². The number of aryl methyl sites for hydroxylation is 1. The lowest BCUT2D eigenvalue weighted by molar-refractivity contribution is -0.904. The van der Waals surface area contributed by atoms with Crippen molar-refractivity contribution in [1.29, 1.82) is 0 Å². The molecule has 2 N–H and O–H groups in total. The molecule has 5 heteroatoms. The van der Waals surface area contributed by atoms with E-state index in [-0.39, 0.29) is 5.92 Å². The van der Waals surface area contributed by atoms with Crippen LogP contribution in [-0.2, 0) is 18.6 Å². The fourth-order valence-electron chi connectivity index (χ4n) is 5.36. The third-order valence-electron chi connectivity index (χ3n) is 7.49. The third kappa shape index (κ3) is 5.37. The van der Waals surface area contributed by atoms with Crippen LogP contribution in [0.5, 0.6) is 0 Å². The number of aliphatic hydroxyl groups is 1. The van der Waals surface area contributed by atoms with Gasteiger partial charge < -0.3 is 19.3 Å². The Morgan fingerprint density at radius 1 is 1.09 bits per heavy atom. The number of benzene rings is 2. The van der Waals surface area contributed by atoms with E-state index < -0.39 is 5.60 Å². The van der Waals surface area contributed by atoms with Crippen LogP contribution in [0.1, 0.15) is 60.4 Å². The van der Waals surface area contributed by atoms with Crippen LogP contribution in [-0.4, -0.2) is 42.3 Å². The van der Waals surface area contributed by atoms with Crippen LogP contribution in [0.3, 0.4) is 0 Å². The van der Waals surface area contributed by atoms with E-state index >= 15 is 0 Å². The summed E-state index contributed by atoms with van der Waals surface area (Å²) in [4.78, 5) is 4.64. The summed E-state index contributed by atoms with van der Waals surface area (Å²) in [5.41, 5.74) is 3.54. The zero-order valence-corrected chi connectivity index (χ0v) is 21.2. The summed E-state index contributed by atoms with van der Waals surface area (Å²) >= 11 is 0.